The zero-order valence-corrected chi connectivity index (χ0v) is 6.96. The van der Waals surface area contributed by atoms with E-state index in [1.165, 1.54) is 0 Å². The van der Waals surface area contributed by atoms with Crippen molar-refractivity contribution in [3.8, 4) is 0 Å². The van der Waals surface area contributed by atoms with E-state index in [9.17, 15) is 9.59 Å². The summed E-state index contributed by atoms with van der Waals surface area (Å²) in [7, 11) is 0. The van der Waals surface area contributed by atoms with Gasteiger partial charge in [0.1, 0.15) is 0 Å². The lowest BCUT2D eigenvalue weighted by atomic mass is 9.96. The minimum Gasteiger partial charge on any atom is -0.480 e. The molecular formula is C8H10O4. The fraction of sp³-hybridized carbons (Fsp3) is 0.750. The number of fused-ring (bicyclic) bond motifs is 1. The average molecular weight is 170 g/mol. The van der Waals surface area contributed by atoms with Gasteiger partial charge in [0.2, 0.25) is 0 Å². The molecule has 0 bridgehead atoms. The summed E-state index contributed by atoms with van der Waals surface area (Å²) in [5.41, 5.74) is -1.65. The maximum atomic E-state index is 11.2. The van der Waals surface area contributed by atoms with Gasteiger partial charge in [-0.2, -0.15) is 0 Å². The van der Waals surface area contributed by atoms with Crippen molar-refractivity contribution in [3.63, 3.8) is 0 Å². The third kappa shape index (κ3) is 0.462. The van der Waals surface area contributed by atoms with E-state index in [2.05, 4.69) is 0 Å². The van der Waals surface area contributed by atoms with Crippen molar-refractivity contribution in [2.24, 2.45) is 16.7 Å². The molecule has 66 valence electrons. The van der Waals surface area contributed by atoms with Gasteiger partial charge in [0.25, 0.3) is 0 Å². The quantitative estimate of drug-likeness (QED) is 0.453. The summed E-state index contributed by atoms with van der Waals surface area (Å²) in [6.45, 7) is 3.86. The molecule has 0 radical (unpaired) electrons. The van der Waals surface area contributed by atoms with Gasteiger partial charge in [0.15, 0.2) is 5.41 Å². The fourth-order valence-corrected chi connectivity index (χ4v) is 2.39. The van der Waals surface area contributed by atoms with Crippen molar-refractivity contribution in [2.45, 2.75) is 13.8 Å². The number of carbonyl (C=O) groups excluding carboxylic acids is 1. The molecule has 1 N–H and O–H groups in total. The smallest absolute Gasteiger partial charge is 0.324 e. The Kier molecular flexibility index (Phi) is 1.04. The molecule has 0 spiro atoms. The number of carboxylic acids is 1. The van der Waals surface area contributed by atoms with Crippen LogP contribution in [0.5, 0.6) is 0 Å². The molecule has 2 rings (SSSR count). The summed E-state index contributed by atoms with van der Waals surface area (Å²) in [4.78, 5) is 22.1. The van der Waals surface area contributed by atoms with E-state index in [4.69, 9.17) is 9.84 Å². The van der Waals surface area contributed by atoms with Crippen molar-refractivity contribution in [1.82, 2.24) is 0 Å². The van der Waals surface area contributed by atoms with Crippen molar-refractivity contribution >= 4 is 11.9 Å². The zero-order chi connectivity index (χ0) is 9.15. The molecule has 0 amide bonds. The molecule has 1 saturated heterocycles. The van der Waals surface area contributed by atoms with Gasteiger partial charge in [0, 0.05) is 5.92 Å². The highest BCUT2D eigenvalue weighted by Crippen LogP contribution is 2.72. The number of cyclic esters (lactones) is 1. The first-order valence-electron chi connectivity index (χ1n) is 3.86. The largest absolute Gasteiger partial charge is 0.480 e. The maximum absolute atomic E-state index is 11.2. The van der Waals surface area contributed by atoms with Gasteiger partial charge in [-0.3, -0.25) is 9.59 Å². The SMILES string of the molecule is CC1(C)C2COC(=O)C21C(=O)O. The predicted octanol–water partition coefficient (Wildman–Crippen LogP) is 0.270. The second-order valence-corrected chi connectivity index (χ2v) is 3.99. The van der Waals surface area contributed by atoms with Crippen LogP contribution in [0.3, 0.4) is 0 Å². The number of hydrogen-bond donors (Lipinski definition) is 1. The van der Waals surface area contributed by atoms with E-state index in [1.54, 1.807) is 13.8 Å². The summed E-state index contributed by atoms with van der Waals surface area (Å²) >= 11 is 0. The molecule has 4 heteroatoms. The maximum Gasteiger partial charge on any atom is 0.324 e. The molecule has 1 aliphatic carbocycles. The first kappa shape index (κ1) is 7.58. The second-order valence-electron chi connectivity index (χ2n) is 3.99. The Morgan fingerprint density at radius 2 is 2.25 bits per heavy atom. The van der Waals surface area contributed by atoms with Gasteiger partial charge in [-0.15, -0.1) is 0 Å². The van der Waals surface area contributed by atoms with Crippen LogP contribution in [0.25, 0.3) is 0 Å². The van der Waals surface area contributed by atoms with E-state index in [1.807, 2.05) is 0 Å². The number of carboxylic acid groups (broad SMARTS) is 1. The van der Waals surface area contributed by atoms with E-state index in [-0.39, 0.29) is 12.5 Å². The summed E-state index contributed by atoms with van der Waals surface area (Å²) in [5.74, 6) is -1.74. The third-order valence-electron chi connectivity index (χ3n) is 3.37. The van der Waals surface area contributed by atoms with Crippen LogP contribution in [-0.4, -0.2) is 23.7 Å². The van der Waals surface area contributed by atoms with Gasteiger partial charge in [-0.25, -0.2) is 0 Å². The Labute approximate surface area is 69.5 Å². The molecule has 4 nitrogen and oxygen atoms in total. The lowest BCUT2D eigenvalue weighted by Gasteiger charge is -2.12. The average Bonchev–Trinajstić information content (AvgIpc) is 2.31. The highest BCUT2D eigenvalue weighted by Gasteiger charge is 2.84. The van der Waals surface area contributed by atoms with Crippen molar-refractivity contribution in [2.75, 3.05) is 6.61 Å². The molecular weight excluding hydrogens is 160 g/mol. The first-order chi connectivity index (χ1) is 5.45. The number of esters is 1. The van der Waals surface area contributed by atoms with E-state index >= 15 is 0 Å². The van der Waals surface area contributed by atoms with Crippen LogP contribution >= 0.6 is 0 Å². The van der Waals surface area contributed by atoms with Crippen LogP contribution in [0.4, 0.5) is 0 Å². The van der Waals surface area contributed by atoms with Crippen LogP contribution in [0, 0.1) is 16.7 Å². The highest BCUT2D eigenvalue weighted by molar-refractivity contribution is 6.06. The lowest BCUT2D eigenvalue weighted by molar-refractivity contribution is -0.158. The van der Waals surface area contributed by atoms with Gasteiger partial charge in [0.05, 0.1) is 6.61 Å². The molecule has 2 unspecified atom stereocenters. The molecule has 2 fully saturated rings. The molecule has 1 aliphatic heterocycles. The molecule has 1 saturated carbocycles. The summed E-state index contributed by atoms with van der Waals surface area (Å²) in [5, 5.41) is 8.92. The minimum atomic E-state index is -1.23. The molecule has 1 heterocycles. The Morgan fingerprint density at radius 3 is 2.50 bits per heavy atom. The van der Waals surface area contributed by atoms with Gasteiger partial charge < -0.3 is 9.84 Å². The van der Waals surface area contributed by atoms with E-state index in [0.717, 1.165) is 0 Å². The second kappa shape index (κ2) is 1.65. The Morgan fingerprint density at radius 1 is 1.67 bits per heavy atom. The van der Waals surface area contributed by atoms with Crippen LogP contribution in [-0.2, 0) is 14.3 Å². The number of rotatable bonds is 1. The van der Waals surface area contributed by atoms with Crippen LogP contribution in [0.2, 0.25) is 0 Å². The normalized spacial score (nSPS) is 41.8. The monoisotopic (exact) mass is 170 g/mol. The summed E-state index contributed by atoms with van der Waals surface area (Å²) in [6, 6.07) is 0. The van der Waals surface area contributed by atoms with E-state index < -0.39 is 22.8 Å². The topological polar surface area (TPSA) is 63.6 Å². The summed E-state index contributed by atoms with van der Waals surface area (Å²) in [6.07, 6.45) is 0. The van der Waals surface area contributed by atoms with Crippen molar-refractivity contribution in [3.05, 3.63) is 0 Å². The molecule has 2 aliphatic rings. The highest BCUT2D eigenvalue weighted by atomic mass is 16.5. The third-order valence-corrected chi connectivity index (χ3v) is 3.37. The molecule has 12 heavy (non-hydrogen) atoms. The molecule has 0 aromatic heterocycles. The fourth-order valence-electron chi connectivity index (χ4n) is 2.39. The number of carbonyl (C=O) groups is 2. The Bertz CT molecular complexity index is 281. The predicted molar refractivity (Wildman–Crippen MR) is 38.3 cm³/mol. The van der Waals surface area contributed by atoms with Crippen LogP contribution < -0.4 is 0 Å². The Hall–Kier alpha value is -1.06. The zero-order valence-electron chi connectivity index (χ0n) is 6.96. The first-order valence-corrected chi connectivity index (χ1v) is 3.86. The van der Waals surface area contributed by atoms with E-state index in [0.29, 0.717) is 0 Å². The van der Waals surface area contributed by atoms with Crippen molar-refractivity contribution in [1.29, 1.82) is 0 Å². The lowest BCUT2D eigenvalue weighted by Crippen LogP contribution is -2.29. The molecule has 2 atom stereocenters. The number of hydrogen-bond acceptors (Lipinski definition) is 3. The number of ether oxygens (including phenoxy) is 1. The van der Waals surface area contributed by atoms with Gasteiger partial charge in [-0.05, 0) is 5.41 Å². The van der Waals surface area contributed by atoms with Gasteiger partial charge in [-0.1, -0.05) is 13.8 Å². The van der Waals surface area contributed by atoms with Crippen LogP contribution in [0.15, 0.2) is 0 Å². The standard InChI is InChI=1S/C8H10O4/c1-7(2)4-3-12-6(11)8(4,7)5(9)10/h4H,3H2,1-2H3,(H,9,10). The molecule has 0 aromatic carbocycles. The van der Waals surface area contributed by atoms with Crippen LogP contribution in [0.1, 0.15) is 13.8 Å². The molecule has 0 aromatic rings. The minimum absolute atomic E-state index is 0.130. The van der Waals surface area contributed by atoms with Crippen molar-refractivity contribution < 1.29 is 19.4 Å². The Balaban J connectivity index is 2.46. The number of aliphatic carboxylic acids is 1. The van der Waals surface area contributed by atoms with Gasteiger partial charge >= 0.3 is 11.9 Å². The summed E-state index contributed by atoms with van der Waals surface area (Å²) < 4.78 is 4.70.